The van der Waals surface area contributed by atoms with E-state index in [4.69, 9.17) is 0 Å². The van der Waals surface area contributed by atoms with E-state index in [1.165, 1.54) is 18.2 Å². The van der Waals surface area contributed by atoms with Crippen LogP contribution in [0.25, 0.3) is 0 Å². The van der Waals surface area contributed by atoms with E-state index in [9.17, 15) is 22.2 Å². The summed E-state index contributed by atoms with van der Waals surface area (Å²) in [5, 5.41) is 2.88. The van der Waals surface area contributed by atoms with E-state index in [2.05, 4.69) is 5.32 Å². The summed E-state index contributed by atoms with van der Waals surface area (Å²) in [5.41, 5.74) is -0.752. The van der Waals surface area contributed by atoms with Gasteiger partial charge in [-0.1, -0.05) is 31.0 Å². The highest BCUT2D eigenvalue weighted by molar-refractivity contribution is 7.84. The normalized spacial score (nSPS) is 17.2. The zero-order valence-electron chi connectivity index (χ0n) is 12.7. The highest BCUT2D eigenvalue weighted by Gasteiger charge is 2.33. The average Bonchev–Trinajstić information content (AvgIpc) is 2.97. The second-order valence-corrected chi connectivity index (χ2v) is 7.32. The van der Waals surface area contributed by atoms with Crippen LogP contribution in [0.15, 0.2) is 24.3 Å². The third-order valence-corrected chi connectivity index (χ3v) is 5.21. The number of hydrogen-bond acceptors (Lipinski definition) is 2. The number of amides is 1. The molecule has 1 aliphatic rings. The van der Waals surface area contributed by atoms with Gasteiger partial charge in [-0.3, -0.25) is 9.00 Å². The number of carbonyl (C=O) groups is 1. The van der Waals surface area contributed by atoms with Crippen LogP contribution in [0.1, 0.15) is 43.2 Å². The van der Waals surface area contributed by atoms with Gasteiger partial charge >= 0.3 is 6.18 Å². The second kappa shape index (κ2) is 7.95. The molecular formula is C16H20F3NO2S. The number of nitrogens with one attached hydrogen (secondary N) is 1. The molecule has 0 spiro atoms. The van der Waals surface area contributed by atoms with Gasteiger partial charge in [0.15, 0.2) is 0 Å². The van der Waals surface area contributed by atoms with Crippen molar-refractivity contribution < 1.29 is 22.2 Å². The van der Waals surface area contributed by atoms with E-state index in [1.807, 2.05) is 0 Å². The van der Waals surface area contributed by atoms with Crippen molar-refractivity contribution in [2.45, 2.75) is 50.1 Å². The maximum Gasteiger partial charge on any atom is 0.416 e. The van der Waals surface area contributed by atoms with Crippen LogP contribution < -0.4 is 5.32 Å². The van der Waals surface area contributed by atoms with Crippen molar-refractivity contribution in [1.82, 2.24) is 5.32 Å². The van der Waals surface area contributed by atoms with E-state index in [-0.39, 0.29) is 35.4 Å². The average molecular weight is 347 g/mol. The summed E-state index contributed by atoms with van der Waals surface area (Å²) in [6, 6.07) is 5.32. The Kier molecular flexibility index (Phi) is 6.21. The molecule has 128 valence electrons. The van der Waals surface area contributed by atoms with Gasteiger partial charge in [0.05, 0.1) is 5.56 Å². The molecule has 0 saturated heterocycles. The first kappa shape index (κ1) is 18.0. The maximum absolute atomic E-state index is 12.9. The predicted molar refractivity (Wildman–Crippen MR) is 83.2 cm³/mol. The molecule has 0 unspecified atom stereocenters. The molecule has 1 fully saturated rings. The number of hydrogen-bond donors (Lipinski definition) is 1. The Labute approximate surface area is 136 Å². The number of rotatable bonds is 6. The van der Waals surface area contributed by atoms with Crippen molar-refractivity contribution in [3.8, 4) is 0 Å². The largest absolute Gasteiger partial charge is 0.416 e. The molecule has 23 heavy (non-hydrogen) atoms. The summed E-state index contributed by atoms with van der Waals surface area (Å²) in [5.74, 6) is -0.286. The van der Waals surface area contributed by atoms with Crippen LogP contribution in [0.3, 0.4) is 0 Å². The fraction of sp³-hybridized carbons (Fsp3) is 0.562. The molecule has 3 nitrogen and oxygen atoms in total. The third-order valence-electron chi connectivity index (χ3n) is 3.92. The van der Waals surface area contributed by atoms with Crippen LogP contribution >= 0.6 is 0 Å². The lowest BCUT2D eigenvalue weighted by atomic mass is 10.1. The van der Waals surface area contributed by atoms with Gasteiger partial charge in [0.1, 0.15) is 0 Å². The molecule has 1 amide bonds. The van der Waals surface area contributed by atoms with Crippen molar-refractivity contribution >= 4 is 16.7 Å². The van der Waals surface area contributed by atoms with E-state index in [1.54, 1.807) is 0 Å². The molecule has 1 saturated carbocycles. The highest BCUT2D eigenvalue weighted by atomic mass is 32.2. The Morgan fingerprint density at radius 1 is 1.22 bits per heavy atom. The van der Waals surface area contributed by atoms with Gasteiger partial charge in [-0.15, -0.1) is 0 Å². The van der Waals surface area contributed by atoms with Crippen molar-refractivity contribution in [2.24, 2.45) is 0 Å². The van der Waals surface area contributed by atoms with E-state index < -0.39 is 22.5 Å². The lowest BCUT2D eigenvalue weighted by Crippen LogP contribution is -2.33. The van der Waals surface area contributed by atoms with Crippen LogP contribution in [0.5, 0.6) is 0 Å². The van der Waals surface area contributed by atoms with Crippen molar-refractivity contribution in [2.75, 3.05) is 5.75 Å². The van der Waals surface area contributed by atoms with Crippen molar-refractivity contribution in [1.29, 1.82) is 0 Å². The Balaban J connectivity index is 1.84. The smallest absolute Gasteiger partial charge is 0.353 e. The van der Waals surface area contributed by atoms with E-state index >= 15 is 0 Å². The lowest BCUT2D eigenvalue weighted by molar-refractivity contribution is -0.138. The SMILES string of the molecule is O=C(CC[S@](=O)Cc1ccccc1C(F)(F)F)NC1CCCC1. The van der Waals surface area contributed by atoms with Gasteiger partial charge in [0, 0.05) is 34.8 Å². The van der Waals surface area contributed by atoms with Gasteiger partial charge in [0.25, 0.3) is 0 Å². The molecule has 1 N–H and O–H groups in total. The first-order valence-electron chi connectivity index (χ1n) is 7.65. The van der Waals surface area contributed by atoms with Crippen LogP contribution in [0, 0.1) is 0 Å². The topological polar surface area (TPSA) is 46.2 Å². The minimum Gasteiger partial charge on any atom is -0.353 e. The Morgan fingerprint density at radius 3 is 2.52 bits per heavy atom. The van der Waals surface area contributed by atoms with Crippen LogP contribution in [0.4, 0.5) is 13.2 Å². The Hall–Kier alpha value is -1.37. The van der Waals surface area contributed by atoms with Crippen molar-refractivity contribution in [3.63, 3.8) is 0 Å². The van der Waals surface area contributed by atoms with E-state index in [0.717, 1.165) is 31.7 Å². The summed E-state index contributed by atoms with van der Waals surface area (Å²) < 4.78 is 50.6. The van der Waals surface area contributed by atoms with Gasteiger partial charge in [-0.25, -0.2) is 0 Å². The van der Waals surface area contributed by atoms with Crippen LogP contribution in [-0.4, -0.2) is 21.9 Å². The van der Waals surface area contributed by atoms with Crippen LogP contribution in [-0.2, 0) is 27.5 Å². The Bertz CT molecular complexity index is 569. The number of carbonyl (C=O) groups excluding carboxylic acids is 1. The molecule has 1 aromatic rings. The van der Waals surface area contributed by atoms with Gasteiger partial charge in [0.2, 0.25) is 5.91 Å². The minimum absolute atomic E-state index is 0.00883. The molecule has 0 aliphatic heterocycles. The summed E-state index contributed by atoms with van der Waals surface area (Å²) in [4.78, 5) is 11.8. The lowest BCUT2D eigenvalue weighted by Gasteiger charge is -2.13. The number of alkyl halides is 3. The minimum atomic E-state index is -4.46. The first-order chi connectivity index (χ1) is 10.9. The summed E-state index contributed by atoms with van der Waals surface area (Å²) in [7, 11) is -1.50. The molecule has 2 rings (SSSR count). The Morgan fingerprint density at radius 2 is 1.87 bits per heavy atom. The number of benzene rings is 1. The number of halogens is 3. The predicted octanol–water partition coefficient (Wildman–Crippen LogP) is 3.40. The van der Waals surface area contributed by atoms with E-state index in [0.29, 0.717) is 0 Å². The molecule has 0 heterocycles. The zero-order chi connectivity index (χ0) is 16.9. The summed E-state index contributed by atoms with van der Waals surface area (Å²) >= 11 is 0. The van der Waals surface area contributed by atoms with Gasteiger partial charge < -0.3 is 5.32 Å². The fourth-order valence-corrected chi connectivity index (χ4v) is 3.90. The van der Waals surface area contributed by atoms with Gasteiger partial charge in [-0.2, -0.15) is 13.2 Å². The van der Waals surface area contributed by atoms with Crippen molar-refractivity contribution in [3.05, 3.63) is 35.4 Å². The third kappa shape index (κ3) is 5.64. The first-order valence-corrected chi connectivity index (χ1v) is 9.14. The highest BCUT2D eigenvalue weighted by Crippen LogP contribution is 2.32. The quantitative estimate of drug-likeness (QED) is 0.857. The molecule has 0 bridgehead atoms. The summed E-state index contributed by atoms with van der Waals surface area (Å²) in [6.07, 6.45) is -0.240. The standard InChI is InChI=1S/C16H20F3NO2S/c17-16(18,19)14-8-4-1-5-12(14)11-23(22)10-9-15(21)20-13-6-2-3-7-13/h1,4-5,8,13H,2-3,6-7,9-11H2,(H,20,21)/t23-/m0/s1. The zero-order valence-corrected chi connectivity index (χ0v) is 13.5. The monoisotopic (exact) mass is 347 g/mol. The molecule has 1 aromatic carbocycles. The molecule has 0 radical (unpaired) electrons. The molecule has 1 atom stereocenters. The second-order valence-electron chi connectivity index (χ2n) is 5.74. The molecule has 0 aromatic heterocycles. The molecule has 1 aliphatic carbocycles. The van der Waals surface area contributed by atoms with Gasteiger partial charge in [-0.05, 0) is 24.5 Å². The van der Waals surface area contributed by atoms with Crippen LogP contribution in [0.2, 0.25) is 0 Å². The maximum atomic E-state index is 12.9. The molecular weight excluding hydrogens is 327 g/mol. The fourth-order valence-electron chi connectivity index (χ4n) is 2.74. The summed E-state index contributed by atoms with van der Waals surface area (Å²) in [6.45, 7) is 0. The molecule has 7 heteroatoms.